The van der Waals surface area contributed by atoms with Crippen molar-refractivity contribution in [3.63, 3.8) is 0 Å². The van der Waals surface area contributed by atoms with Crippen molar-refractivity contribution in [3.8, 4) is 5.75 Å². The molecular weight excluding hydrogens is 397 g/mol. The van der Waals surface area contributed by atoms with Crippen molar-refractivity contribution in [2.75, 3.05) is 5.32 Å². The summed E-state index contributed by atoms with van der Waals surface area (Å²) < 4.78 is 20.1. The molecule has 0 saturated heterocycles. The fraction of sp³-hybridized carbons (Fsp3) is 0.250. The van der Waals surface area contributed by atoms with E-state index in [1.807, 2.05) is 32.0 Å². The Kier molecular flexibility index (Phi) is 6.64. The number of carbonyl (C=O) groups is 1. The number of rotatable bonds is 7. The van der Waals surface area contributed by atoms with Crippen molar-refractivity contribution in [1.29, 1.82) is 0 Å². The van der Waals surface area contributed by atoms with Crippen LogP contribution in [0.1, 0.15) is 23.6 Å². The molecule has 0 aliphatic heterocycles. The summed E-state index contributed by atoms with van der Waals surface area (Å²) in [6, 6.07) is 12.4. The summed E-state index contributed by atoms with van der Waals surface area (Å²) in [6.45, 7) is 5.64. The Balaban J connectivity index is 1.55. The normalized spacial score (nSPS) is 11.9. The van der Waals surface area contributed by atoms with E-state index >= 15 is 0 Å². The highest BCUT2D eigenvalue weighted by Gasteiger charge is 2.17. The third-order valence-electron chi connectivity index (χ3n) is 3.82. The van der Waals surface area contributed by atoms with Crippen LogP contribution in [-0.4, -0.2) is 22.2 Å². The number of hydrogen-bond acceptors (Lipinski definition) is 6. The largest absolute Gasteiger partial charge is 0.481 e. The maximum absolute atomic E-state index is 13.7. The molecule has 8 heteroatoms. The Bertz CT molecular complexity index is 957. The molecule has 5 nitrogen and oxygen atoms in total. The zero-order valence-corrected chi connectivity index (χ0v) is 17.4. The molecule has 1 amide bonds. The zero-order valence-electron chi connectivity index (χ0n) is 15.7. The number of halogens is 1. The van der Waals surface area contributed by atoms with Crippen LogP contribution in [0, 0.1) is 19.7 Å². The van der Waals surface area contributed by atoms with Crippen molar-refractivity contribution >= 4 is 34.1 Å². The summed E-state index contributed by atoms with van der Waals surface area (Å²) in [6.07, 6.45) is -0.681. The van der Waals surface area contributed by atoms with E-state index in [0.29, 0.717) is 26.5 Å². The Morgan fingerprint density at radius 1 is 1.21 bits per heavy atom. The molecule has 146 valence electrons. The highest BCUT2D eigenvalue weighted by atomic mass is 32.2. The number of amides is 1. The molecule has 1 unspecified atom stereocenters. The van der Waals surface area contributed by atoms with Crippen LogP contribution in [0.15, 0.2) is 46.8 Å². The second-order valence-electron chi connectivity index (χ2n) is 6.33. The minimum atomic E-state index is -0.681. The van der Waals surface area contributed by atoms with Gasteiger partial charge in [0.1, 0.15) is 11.6 Å². The number of benzene rings is 2. The van der Waals surface area contributed by atoms with Gasteiger partial charge in [-0.2, -0.15) is 0 Å². The first-order valence-corrected chi connectivity index (χ1v) is 10.5. The van der Waals surface area contributed by atoms with E-state index in [-0.39, 0.29) is 11.7 Å². The Morgan fingerprint density at radius 2 is 1.93 bits per heavy atom. The second kappa shape index (κ2) is 9.16. The van der Waals surface area contributed by atoms with Gasteiger partial charge in [-0.1, -0.05) is 47.4 Å². The Hall–Kier alpha value is -2.45. The van der Waals surface area contributed by atoms with Crippen molar-refractivity contribution in [3.05, 3.63) is 65.0 Å². The molecule has 28 heavy (non-hydrogen) atoms. The van der Waals surface area contributed by atoms with Crippen molar-refractivity contribution in [2.45, 2.75) is 37.0 Å². The number of nitrogens with zero attached hydrogens (tertiary/aromatic N) is 2. The molecule has 0 fully saturated rings. The molecule has 1 N–H and O–H groups in total. The number of aryl methyl sites for hydroxylation is 2. The summed E-state index contributed by atoms with van der Waals surface area (Å²) in [7, 11) is 0. The van der Waals surface area contributed by atoms with E-state index in [1.165, 1.54) is 29.2 Å². The van der Waals surface area contributed by atoms with Crippen molar-refractivity contribution < 1.29 is 13.9 Å². The topological polar surface area (TPSA) is 64.1 Å². The lowest BCUT2D eigenvalue weighted by Gasteiger charge is -2.14. The zero-order chi connectivity index (χ0) is 20.1. The molecule has 0 saturated carbocycles. The summed E-state index contributed by atoms with van der Waals surface area (Å²) in [4.78, 5) is 12.4. The number of carbonyl (C=O) groups excluding carboxylic acids is 1. The quantitative estimate of drug-likeness (QED) is 0.433. The summed E-state index contributed by atoms with van der Waals surface area (Å²) in [5.41, 5.74) is 2.75. The van der Waals surface area contributed by atoms with Gasteiger partial charge in [-0.15, -0.1) is 10.2 Å². The van der Waals surface area contributed by atoms with Crippen molar-refractivity contribution in [1.82, 2.24) is 10.2 Å². The highest BCUT2D eigenvalue weighted by Crippen LogP contribution is 2.29. The van der Waals surface area contributed by atoms with E-state index in [4.69, 9.17) is 4.74 Å². The van der Waals surface area contributed by atoms with E-state index in [2.05, 4.69) is 15.5 Å². The fourth-order valence-electron chi connectivity index (χ4n) is 2.54. The first kappa shape index (κ1) is 20.3. The van der Waals surface area contributed by atoms with Gasteiger partial charge in [0.2, 0.25) is 5.13 Å². The van der Waals surface area contributed by atoms with Crippen molar-refractivity contribution in [2.24, 2.45) is 0 Å². The average molecular weight is 418 g/mol. The lowest BCUT2D eigenvalue weighted by molar-refractivity contribution is -0.122. The fourth-order valence-corrected chi connectivity index (χ4v) is 4.28. The molecule has 1 atom stereocenters. The lowest BCUT2D eigenvalue weighted by Crippen LogP contribution is -2.30. The smallest absolute Gasteiger partial charge is 0.266 e. The summed E-state index contributed by atoms with van der Waals surface area (Å²) in [5.74, 6) is 0.548. The molecule has 1 heterocycles. The van der Waals surface area contributed by atoms with Gasteiger partial charge in [0.15, 0.2) is 10.4 Å². The summed E-state index contributed by atoms with van der Waals surface area (Å²) >= 11 is 2.62. The van der Waals surface area contributed by atoms with Gasteiger partial charge in [-0.25, -0.2) is 4.39 Å². The molecular formula is C20H20FN3O2S2. The lowest BCUT2D eigenvalue weighted by atomic mass is 10.1. The van der Waals surface area contributed by atoms with Crippen LogP contribution in [0.3, 0.4) is 0 Å². The molecule has 0 aliphatic carbocycles. The molecule has 2 aromatic carbocycles. The van der Waals surface area contributed by atoms with Crippen LogP contribution in [0.4, 0.5) is 9.52 Å². The van der Waals surface area contributed by atoms with Gasteiger partial charge < -0.3 is 4.74 Å². The van der Waals surface area contributed by atoms with Gasteiger partial charge in [-0.3, -0.25) is 10.1 Å². The second-order valence-corrected chi connectivity index (χ2v) is 8.53. The van der Waals surface area contributed by atoms with Crippen LogP contribution < -0.4 is 10.1 Å². The number of hydrogen-bond donors (Lipinski definition) is 1. The summed E-state index contributed by atoms with van der Waals surface area (Å²) in [5, 5.41) is 11.1. The van der Waals surface area contributed by atoms with Gasteiger partial charge in [0.25, 0.3) is 5.91 Å². The third-order valence-corrected chi connectivity index (χ3v) is 5.84. The number of thioether (sulfide) groups is 1. The first-order valence-electron chi connectivity index (χ1n) is 8.66. The van der Waals surface area contributed by atoms with Crippen LogP contribution in [-0.2, 0) is 10.5 Å². The number of aromatic nitrogens is 2. The SMILES string of the molecule is Cc1cc(C)cc(OC(C)C(=O)Nc2nnc(SCc3ccccc3F)s2)c1. The van der Waals surface area contributed by atoms with Crippen LogP contribution in [0.25, 0.3) is 0 Å². The highest BCUT2D eigenvalue weighted by molar-refractivity contribution is 8.00. The molecule has 3 rings (SSSR count). The average Bonchev–Trinajstić information content (AvgIpc) is 3.07. The number of nitrogens with one attached hydrogen (secondary N) is 1. The van der Waals surface area contributed by atoms with E-state index in [0.717, 1.165) is 11.1 Å². The van der Waals surface area contributed by atoms with Crippen LogP contribution in [0.2, 0.25) is 0 Å². The Morgan fingerprint density at radius 3 is 2.64 bits per heavy atom. The monoisotopic (exact) mass is 417 g/mol. The predicted octanol–water partition coefficient (Wildman–Crippen LogP) is 4.99. The van der Waals surface area contributed by atoms with Gasteiger partial charge in [0.05, 0.1) is 0 Å². The minimum absolute atomic E-state index is 0.245. The molecule has 0 radical (unpaired) electrons. The first-order chi connectivity index (χ1) is 13.4. The predicted molar refractivity (Wildman–Crippen MR) is 111 cm³/mol. The van der Waals surface area contributed by atoms with Crippen LogP contribution >= 0.6 is 23.1 Å². The molecule has 0 aliphatic rings. The number of anilines is 1. The number of ether oxygens (including phenoxy) is 1. The molecule has 0 bridgehead atoms. The van der Waals surface area contributed by atoms with Crippen LogP contribution in [0.5, 0.6) is 5.75 Å². The molecule has 3 aromatic rings. The minimum Gasteiger partial charge on any atom is -0.481 e. The Labute approximate surface area is 171 Å². The van der Waals surface area contributed by atoms with Gasteiger partial charge in [-0.05, 0) is 55.7 Å². The third kappa shape index (κ3) is 5.53. The van der Waals surface area contributed by atoms with E-state index in [1.54, 1.807) is 25.1 Å². The maximum Gasteiger partial charge on any atom is 0.266 e. The van der Waals surface area contributed by atoms with Gasteiger partial charge >= 0.3 is 0 Å². The van der Waals surface area contributed by atoms with Gasteiger partial charge in [0, 0.05) is 5.75 Å². The van der Waals surface area contributed by atoms with E-state index in [9.17, 15) is 9.18 Å². The van der Waals surface area contributed by atoms with E-state index < -0.39 is 6.10 Å². The maximum atomic E-state index is 13.7. The molecule has 1 aromatic heterocycles. The standard InChI is InChI=1S/C20H20FN3O2S2/c1-12-8-13(2)10-16(9-12)26-14(3)18(25)22-19-23-24-20(28-19)27-11-15-6-4-5-7-17(15)21/h4-10,14H,11H2,1-3H3,(H,22,23,25). The molecule has 0 spiro atoms.